The lowest BCUT2D eigenvalue weighted by Crippen LogP contribution is -2.62. The minimum Gasteiger partial charge on any atom is -0.444 e. The number of nitrogens with two attached hydrogens (primary N) is 1. The molecule has 16 nitrogen and oxygen atoms in total. The van der Waals surface area contributed by atoms with Crippen LogP contribution in [-0.2, 0) is 46.9 Å². The van der Waals surface area contributed by atoms with Crippen LogP contribution >= 0.6 is 0 Å². The third kappa shape index (κ3) is 11.4. The van der Waals surface area contributed by atoms with Gasteiger partial charge < -0.3 is 36.2 Å². The van der Waals surface area contributed by atoms with Gasteiger partial charge >= 0.3 is 12.1 Å². The van der Waals surface area contributed by atoms with Gasteiger partial charge in [-0.3, -0.25) is 19.2 Å². The van der Waals surface area contributed by atoms with E-state index in [2.05, 4.69) is 16.0 Å². The SMILES string of the molecule is CN(C[C@@H](NC(=O)N[C@H](C(=O)N1C[C@H](OC(=O)N2CCc3ccccc3C2)C[C@H]1C(=O)NC(CC1CCC1)C(=O)C(N)=O)C(C)(C)C)C(C)(C)C)S(C)(=O)=O. The second-order valence-electron chi connectivity index (χ2n) is 17.4. The van der Waals surface area contributed by atoms with Gasteiger partial charge in [-0.1, -0.05) is 85.1 Å². The summed E-state index contributed by atoms with van der Waals surface area (Å²) in [5.74, 6) is -3.35. The van der Waals surface area contributed by atoms with E-state index >= 15 is 0 Å². The van der Waals surface area contributed by atoms with E-state index in [-0.39, 0.29) is 31.8 Å². The van der Waals surface area contributed by atoms with E-state index in [1.807, 2.05) is 45.0 Å². The Morgan fingerprint density at radius 1 is 0.964 bits per heavy atom. The molecule has 0 spiro atoms. The molecule has 3 aliphatic rings. The Kier molecular flexibility index (Phi) is 13.6. The zero-order valence-electron chi connectivity index (χ0n) is 33.3. The monoisotopic (exact) mass is 789 g/mol. The molecule has 1 aromatic carbocycles. The van der Waals surface area contributed by atoms with Crippen LogP contribution in [-0.4, -0.2) is 121 Å². The molecular formula is C38H59N7O9S. The van der Waals surface area contributed by atoms with Crippen molar-refractivity contribution in [2.45, 2.75) is 117 Å². The molecule has 306 valence electrons. The van der Waals surface area contributed by atoms with Gasteiger partial charge in [0.15, 0.2) is 0 Å². The minimum absolute atomic E-state index is 0.0278. The van der Waals surface area contributed by atoms with Crippen molar-refractivity contribution in [2.24, 2.45) is 22.5 Å². The molecule has 2 fully saturated rings. The van der Waals surface area contributed by atoms with Crippen LogP contribution < -0.4 is 21.7 Å². The number of amides is 6. The number of hydrogen-bond acceptors (Lipinski definition) is 9. The fourth-order valence-electron chi connectivity index (χ4n) is 7.05. The zero-order valence-corrected chi connectivity index (χ0v) is 34.2. The summed E-state index contributed by atoms with van der Waals surface area (Å²) < 4.78 is 31.4. The fraction of sp³-hybridized carbons (Fsp3) is 0.684. The average molecular weight is 790 g/mol. The quantitative estimate of drug-likeness (QED) is 0.214. The van der Waals surface area contributed by atoms with E-state index < -0.39 is 86.8 Å². The standard InChI is InChI=1S/C38H59N7O9S/c1-37(2,3)29(22-43(7)55(8,52)53)41-35(50)42-31(38(4,5)6)34(49)45-21-26(54-36(51)44-17-16-24-14-9-10-15-25(24)20-44)19-28(45)33(48)40-27(30(46)32(39)47)18-23-12-11-13-23/h9-10,14-15,23,26-29,31H,11-13,16-22H2,1-8H3,(H2,39,47)(H,40,48)(H2,41,42,50)/t26-,27?,28+,29-,31-/m1/s1. The van der Waals surface area contributed by atoms with Gasteiger partial charge in [0.2, 0.25) is 27.6 Å². The molecule has 6 amide bonds. The topological polar surface area (TPSA) is 218 Å². The van der Waals surface area contributed by atoms with Crippen LogP contribution in [0, 0.1) is 16.7 Å². The molecule has 2 heterocycles. The van der Waals surface area contributed by atoms with Crippen LogP contribution in [0.5, 0.6) is 0 Å². The van der Waals surface area contributed by atoms with E-state index in [9.17, 15) is 37.2 Å². The molecule has 4 rings (SSSR count). The number of sulfonamides is 1. The largest absolute Gasteiger partial charge is 0.444 e. The Morgan fingerprint density at radius 2 is 1.60 bits per heavy atom. The molecule has 0 aromatic heterocycles. The number of hydrogen-bond donors (Lipinski definition) is 4. The van der Waals surface area contributed by atoms with Crippen LogP contribution in [0.3, 0.4) is 0 Å². The zero-order chi connectivity index (χ0) is 41.0. The average Bonchev–Trinajstić information content (AvgIpc) is 3.49. The Hall–Kier alpha value is -4.25. The summed E-state index contributed by atoms with van der Waals surface area (Å²) in [7, 11) is -2.15. The van der Waals surface area contributed by atoms with Crippen molar-refractivity contribution in [3.63, 3.8) is 0 Å². The summed E-state index contributed by atoms with van der Waals surface area (Å²) in [5.41, 5.74) is 6.01. The Labute approximate surface area is 324 Å². The lowest BCUT2D eigenvalue weighted by Gasteiger charge is -2.37. The number of Topliss-reactive ketones (excluding diaryl/α,β-unsaturated/α-hetero) is 1. The van der Waals surface area contributed by atoms with Gasteiger partial charge in [0.25, 0.3) is 5.91 Å². The summed E-state index contributed by atoms with van der Waals surface area (Å²) in [5, 5.41) is 8.28. The molecule has 1 aromatic rings. The van der Waals surface area contributed by atoms with E-state index in [0.717, 1.165) is 41.0 Å². The molecule has 0 radical (unpaired) electrons. The molecule has 2 aliphatic heterocycles. The van der Waals surface area contributed by atoms with Gasteiger partial charge in [0.05, 0.1) is 18.8 Å². The molecule has 5 atom stereocenters. The Bertz CT molecular complexity index is 1740. The molecule has 55 heavy (non-hydrogen) atoms. The Balaban J connectivity index is 1.58. The highest BCUT2D eigenvalue weighted by Gasteiger charge is 2.47. The van der Waals surface area contributed by atoms with E-state index in [1.54, 1.807) is 25.7 Å². The number of rotatable bonds is 13. The summed E-state index contributed by atoms with van der Waals surface area (Å²) >= 11 is 0. The van der Waals surface area contributed by atoms with Crippen molar-refractivity contribution in [3.05, 3.63) is 35.4 Å². The molecule has 0 bridgehead atoms. The van der Waals surface area contributed by atoms with E-state index in [1.165, 1.54) is 11.9 Å². The number of nitrogens with zero attached hydrogens (tertiary/aromatic N) is 3. The number of benzene rings is 1. The van der Waals surface area contributed by atoms with Crippen LogP contribution in [0.4, 0.5) is 9.59 Å². The van der Waals surface area contributed by atoms with Gasteiger partial charge in [-0.15, -0.1) is 0 Å². The predicted molar refractivity (Wildman–Crippen MR) is 205 cm³/mol. The predicted octanol–water partition coefficient (Wildman–Crippen LogP) is 1.90. The van der Waals surface area contributed by atoms with Crippen molar-refractivity contribution in [2.75, 3.05) is 32.9 Å². The Morgan fingerprint density at radius 3 is 2.15 bits per heavy atom. The molecular weight excluding hydrogens is 731 g/mol. The van der Waals surface area contributed by atoms with Gasteiger partial charge in [0, 0.05) is 39.1 Å². The van der Waals surface area contributed by atoms with Crippen LogP contribution in [0.1, 0.15) is 84.8 Å². The second kappa shape index (κ2) is 17.3. The minimum atomic E-state index is -3.56. The number of fused-ring (bicyclic) bond motifs is 1. The van der Waals surface area contributed by atoms with Gasteiger partial charge in [-0.05, 0) is 40.7 Å². The summed E-state index contributed by atoms with van der Waals surface area (Å²) in [4.78, 5) is 83.4. The molecule has 17 heteroatoms. The third-order valence-electron chi connectivity index (χ3n) is 10.9. The second-order valence-corrected chi connectivity index (χ2v) is 19.5. The first-order chi connectivity index (χ1) is 25.4. The maximum absolute atomic E-state index is 14.6. The van der Waals surface area contributed by atoms with Crippen molar-refractivity contribution < 1.29 is 41.9 Å². The van der Waals surface area contributed by atoms with Crippen molar-refractivity contribution in [1.29, 1.82) is 0 Å². The maximum atomic E-state index is 14.6. The lowest BCUT2D eigenvalue weighted by atomic mass is 9.80. The highest BCUT2D eigenvalue weighted by molar-refractivity contribution is 7.88. The number of likely N-dealkylation sites (N-methyl/N-ethyl adjacent to an activating group) is 1. The number of nitrogens with one attached hydrogen (secondary N) is 3. The number of ether oxygens (including phenoxy) is 1. The van der Waals surface area contributed by atoms with Gasteiger partial charge in [-0.25, -0.2) is 22.3 Å². The molecule has 1 saturated carbocycles. The van der Waals surface area contributed by atoms with Gasteiger partial charge in [0.1, 0.15) is 18.2 Å². The van der Waals surface area contributed by atoms with E-state index in [0.29, 0.717) is 19.5 Å². The van der Waals surface area contributed by atoms with Crippen LogP contribution in [0.2, 0.25) is 0 Å². The third-order valence-corrected chi connectivity index (χ3v) is 12.2. The number of carbonyl (C=O) groups excluding carboxylic acids is 6. The maximum Gasteiger partial charge on any atom is 0.410 e. The molecule has 1 saturated heterocycles. The lowest BCUT2D eigenvalue weighted by molar-refractivity contribution is -0.143. The van der Waals surface area contributed by atoms with Gasteiger partial charge in [-0.2, -0.15) is 0 Å². The fourth-order valence-corrected chi connectivity index (χ4v) is 7.47. The summed E-state index contributed by atoms with van der Waals surface area (Å²) in [6, 6.07) is 2.80. The first-order valence-corrected chi connectivity index (χ1v) is 20.8. The first kappa shape index (κ1) is 43.5. The number of ketones is 1. The molecule has 1 aliphatic carbocycles. The van der Waals surface area contributed by atoms with Crippen LogP contribution in [0.15, 0.2) is 24.3 Å². The first-order valence-electron chi connectivity index (χ1n) is 18.9. The number of urea groups is 1. The van der Waals surface area contributed by atoms with E-state index in [4.69, 9.17) is 10.5 Å². The molecule has 5 N–H and O–H groups in total. The number of primary amides is 1. The number of likely N-dealkylation sites (tertiary alicyclic amines) is 1. The highest BCUT2D eigenvalue weighted by atomic mass is 32.2. The summed E-state index contributed by atoms with van der Waals surface area (Å²) in [6.45, 7) is 11.3. The smallest absolute Gasteiger partial charge is 0.410 e. The number of carbonyl (C=O) groups is 6. The normalized spacial score (nSPS) is 20.7. The van der Waals surface area contributed by atoms with Crippen molar-refractivity contribution in [3.8, 4) is 0 Å². The van der Waals surface area contributed by atoms with Crippen molar-refractivity contribution >= 4 is 45.7 Å². The van der Waals surface area contributed by atoms with Crippen LogP contribution in [0.25, 0.3) is 0 Å². The van der Waals surface area contributed by atoms with Crippen molar-refractivity contribution in [1.82, 2.24) is 30.1 Å². The molecule has 1 unspecified atom stereocenters. The highest BCUT2D eigenvalue weighted by Crippen LogP contribution is 2.32. The summed E-state index contributed by atoms with van der Waals surface area (Å²) in [6.07, 6.45) is 2.98.